The highest BCUT2D eigenvalue weighted by molar-refractivity contribution is 7.98. The third-order valence-corrected chi connectivity index (χ3v) is 5.30. The molecule has 2 aromatic heterocycles. The van der Waals surface area contributed by atoms with Crippen LogP contribution in [0.15, 0.2) is 53.4 Å². The van der Waals surface area contributed by atoms with Crippen molar-refractivity contribution in [1.29, 1.82) is 0 Å². The fraction of sp³-hybridized carbons (Fsp3) is 0.105. The maximum Gasteiger partial charge on any atom is 0.248 e. The first-order valence-corrected chi connectivity index (χ1v) is 9.95. The summed E-state index contributed by atoms with van der Waals surface area (Å²) in [6.07, 6.45) is 2.02. The Kier molecular flexibility index (Phi) is 4.97. The van der Waals surface area contributed by atoms with Gasteiger partial charge in [0, 0.05) is 27.0 Å². The van der Waals surface area contributed by atoms with Gasteiger partial charge in [-0.3, -0.25) is 4.79 Å². The number of halogens is 1. The molecular weight excluding hydrogens is 396 g/mol. The fourth-order valence-electron chi connectivity index (χ4n) is 2.77. The van der Waals surface area contributed by atoms with Crippen LogP contribution >= 0.6 is 23.4 Å². The summed E-state index contributed by atoms with van der Waals surface area (Å²) in [6.45, 7) is 0.346. The number of nitrogens with zero attached hydrogens (tertiary/aromatic N) is 5. The standard InChI is InChI=1S/C19H15ClN6OS/c1-28-15-7-6-13-8-14(17(20)22-16(13)9-15)10-26-24-19(23-25-26)12-4-2-11(3-5-12)18(21)27/h2-9H,10H2,1H3,(H2,21,27). The number of carbonyl (C=O) groups is 1. The van der Waals surface area contributed by atoms with Crippen molar-refractivity contribution in [2.45, 2.75) is 11.4 Å². The first-order chi connectivity index (χ1) is 13.5. The number of primary amides is 1. The van der Waals surface area contributed by atoms with E-state index < -0.39 is 5.91 Å². The third kappa shape index (κ3) is 3.69. The van der Waals surface area contributed by atoms with E-state index in [-0.39, 0.29) is 0 Å². The Morgan fingerprint density at radius 3 is 2.68 bits per heavy atom. The van der Waals surface area contributed by atoms with E-state index in [1.165, 1.54) is 4.80 Å². The van der Waals surface area contributed by atoms with Crippen LogP contribution in [0.25, 0.3) is 22.3 Å². The normalized spacial score (nSPS) is 11.1. The minimum absolute atomic E-state index is 0.346. The summed E-state index contributed by atoms with van der Waals surface area (Å²) >= 11 is 8.03. The van der Waals surface area contributed by atoms with Gasteiger partial charge in [0.15, 0.2) is 0 Å². The molecule has 9 heteroatoms. The lowest BCUT2D eigenvalue weighted by atomic mass is 10.1. The molecule has 0 saturated carbocycles. The van der Waals surface area contributed by atoms with Gasteiger partial charge in [0.05, 0.1) is 12.1 Å². The van der Waals surface area contributed by atoms with Gasteiger partial charge in [-0.1, -0.05) is 29.8 Å². The van der Waals surface area contributed by atoms with E-state index in [1.807, 2.05) is 30.5 Å². The number of aromatic nitrogens is 5. The average Bonchev–Trinajstić information content (AvgIpc) is 3.17. The number of amides is 1. The van der Waals surface area contributed by atoms with Crippen molar-refractivity contribution in [3.8, 4) is 11.4 Å². The van der Waals surface area contributed by atoms with Crippen LogP contribution in [0.3, 0.4) is 0 Å². The Hall–Kier alpha value is -2.97. The van der Waals surface area contributed by atoms with Crippen molar-refractivity contribution >= 4 is 40.2 Å². The van der Waals surface area contributed by atoms with Crippen LogP contribution in [0.5, 0.6) is 0 Å². The highest BCUT2D eigenvalue weighted by atomic mass is 35.5. The zero-order valence-electron chi connectivity index (χ0n) is 14.8. The van der Waals surface area contributed by atoms with Crippen LogP contribution < -0.4 is 5.73 Å². The topological polar surface area (TPSA) is 99.6 Å². The van der Waals surface area contributed by atoms with Gasteiger partial charge in [0.25, 0.3) is 0 Å². The Labute approximate surface area is 169 Å². The predicted octanol–water partition coefficient (Wildman–Crippen LogP) is 3.41. The summed E-state index contributed by atoms with van der Waals surface area (Å²) in [5, 5.41) is 14.0. The molecule has 0 spiro atoms. The van der Waals surface area contributed by atoms with E-state index in [0.29, 0.717) is 23.1 Å². The second-order valence-corrected chi connectivity index (χ2v) is 7.32. The minimum Gasteiger partial charge on any atom is -0.366 e. The molecule has 0 fully saturated rings. The van der Waals surface area contributed by atoms with E-state index in [1.54, 1.807) is 36.0 Å². The van der Waals surface area contributed by atoms with Gasteiger partial charge in [-0.05, 0) is 41.8 Å². The van der Waals surface area contributed by atoms with E-state index in [9.17, 15) is 4.79 Å². The Bertz CT molecular complexity index is 1170. The molecule has 0 unspecified atom stereocenters. The van der Waals surface area contributed by atoms with Gasteiger partial charge in [-0.25, -0.2) is 4.98 Å². The van der Waals surface area contributed by atoms with Gasteiger partial charge in [-0.2, -0.15) is 4.80 Å². The predicted molar refractivity (Wildman–Crippen MR) is 109 cm³/mol. The number of hydrogen-bond donors (Lipinski definition) is 1. The van der Waals surface area contributed by atoms with Gasteiger partial charge in [0.2, 0.25) is 11.7 Å². The molecule has 2 N–H and O–H groups in total. The van der Waals surface area contributed by atoms with Gasteiger partial charge in [-0.15, -0.1) is 22.0 Å². The molecular formula is C19H15ClN6OS. The van der Waals surface area contributed by atoms with Crippen molar-refractivity contribution in [2.75, 3.05) is 6.26 Å². The number of nitrogens with two attached hydrogens (primary N) is 1. The maximum atomic E-state index is 11.2. The van der Waals surface area contributed by atoms with E-state index in [4.69, 9.17) is 17.3 Å². The van der Waals surface area contributed by atoms with E-state index >= 15 is 0 Å². The maximum absolute atomic E-state index is 11.2. The first kappa shape index (κ1) is 18.4. The van der Waals surface area contributed by atoms with Crippen molar-refractivity contribution in [1.82, 2.24) is 25.2 Å². The lowest BCUT2D eigenvalue weighted by Crippen LogP contribution is -2.10. The zero-order valence-corrected chi connectivity index (χ0v) is 16.4. The van der Waals surface area contributed by atoms with Crippen molar-refractivity contribution in [2.24, 2.45) is 5.73 Å². The molecule has 0 radical (unpaired) electrons. The van der Waals surface area contributed by atoms with E-state index in [2.05, 4.69) is 20.4 Å². The molecule has 0 saturated heterocycles. The van der Waals surface area contributed by atoms with Gasteiger partial charge >= 0.3 is 0 Å². The minimum atomic E-state index is -0.480. The summed E-state index contributed by atoms with van der Waals surface area (Å²) in [5.74, 6) is -0.0308. The number of pyridine rings is 1. The van der Waals surface area contributed by atoms with Crippen LogP contribution in [0, 0.1) is 0 Å². The first-order valence-electron chi connectivity index (χ1n) is 8.35. The number of hydrogen-bond acceptors (Lipinski definition) is 6. The Balaban J connectivity index is 1.59. The Morgan fingerprint density at radius 1 is 1.18 bits per heavy atom. The molecule has 2 aromatic carbocycles. The molecule has 0 bridgehead atoms. The number of benzene rings is 2. The lowest BCUT2D eigenvalue weighted by Gasteiger charge is -2.06. The smallest absolute Gasteiger partial charge is 0.248 e. The molecule has 140 valence electrons. The van der Waals surface area contributed by atoms with Crippen LogP contribution in [0.1, 0.15) is 15.9 Å². The van der Waals surface area contributed by atoms with Crippen LogP contribution in [-0.2, 0) is 6.54 Å². The van der Waals surface area contributed by atoms with Crippen LogP contribution in [0.2, 0.25) is 5.15 Å². The molecule has 28 heavy (non-hydrogen) atoms. The molecule has 4 aromatic rings. The highest BCUT2D eigenvalue weighted by Crippen LogP contribution is 2.25. The average molecular weight is 411 g/mol. The van der Waals surface area contributed by atoms with Gasteiger partial charge in [0.1, 0.15) is 5.15 Å². The summed E-state index contributed by atoms with van der Waals surface area (Å²) in [6, 6.07) is 14.8. The van der Waals surface area contributed by atoms with Crippen molar-refractivity contribution in [3.05, 3.63) is 64.8 Å². The number of fused-ring (bicyclic) bond motifs is 1. The fourth-order valence-corrected chi connectivity index (χ4v) is 3.41. The largest absolute Gasteiger partial charge is 0.366 e. The van der Waals surface area contributed by atoms with Crippen LogP contribution in [-0.4, -0.2) is 37.4 Å². The number of carbonyl (C=O) groups excluding carboxylic acids is 1. The summed E-state index contributed by atoms with van der Waals surface area (Å²) in [7, 11) is 0. The van der Waals surface area contributed by atoms with Crippen LogP contribution in [0.4, 0.5) is 0 Å². The highest BCUT2D eigenvalue weighted by Gasteiger charge is 2.11. The third-order valence-electron chi connectivity index (χ3n) is 4.24. The molecule has 0 aliphatic heterocycles. The Morgan fingerprint density at radius 2 is 1.96 bits per heavy atom. The number of thioether (sulfide) groups is 1. The quantitative estimate of drug-likeness (QED) is 0.399. The molecule has 0 aliphatic carbocycles. The number of tetrazole rings is 1. The zero-order chi connectivity index (χ0) is 19.7. The summed E-state index contributed by atoms with van der Waals surface area (Å²) < 4.78 is 0. The number of rotatable bonds is 5. The second kappa shape index (κ2) is 7.57. The van der Waals surface area contributed by atoms with Gasteiger partial charge < -0.3 is 5.73 Å². The molecule has 0 aliphatic rings. The summed E-state index contributed by atoms with van der Waals surface area (Å²) in [4.78, 5) is 18.3. The molecule has 1 amide bonds. The van der Waals surface area contributed by atoms with E-state index in [0.717, 1.165) is 26.9 Å². The van der Waals surface area contributed by atoms with Crippen molar-refractivity contribution in [3.63, 3.8) is 0 Å². The van der Waals surface area contributed by atoms with Crippen molar-refractivity contribution < 1.29 is 4.79 Å². The second-order valence-electron chi connectivity index (χ2n) is 6.08. The molecule has 0 atom stereocenters. The molecule has 7 nitrogen and oxygen atoms in total. The monoisotopic (exact) mass is 410 g/mol. The molecule has 2 heterocycles. The molecule has 4 rings (SSSR count). The lowest BCUT2D eigenvalue weighted by molar-refractivity contribution is 0.100. The summed E-state index contributed by atoms with van der Waals surface area (Å²) in [5.41, 5.74) is 8.08. The SMILES string of the molecule is CSc1ccc2cc(Cn3nnc(-c4ccc(C(N)=O)cc4)n3)c(Cl)nc2c1.